The SMILES string of the molecule is CCCCC[C@H]1CC[C@H](CC[C@H]2CC[C@H](OCCC)CC2)CC1. The summed E-state index contributed by atoms with van der Waals surface area (Å²) >= 11 is 0. The first-order valence-corrected chi connectivity index (χ1v) is 10.9. The van der Waals surface area contributed by atoms with Crippen LogP contribution in [0.2, 0.25) is 0 Å². The van der Waals surface area contributed by atoms with Crippen molar-refractivity contribution in [3.8, 4) is 0 Å². The Bertz CT molecular complexity index is 272. The van der Waals surface area contributed by atoms with Crippen molar-refractivity contribution in [2.75, 3.05) is 6.61 Å². The molecule has 0 N–H and O–H groups in total. The van der Waals surface area contributed by atoms with E-state index in [1.54, 1.807) is 0 Å². The lowest BCUT2D eigenvalue weighted by Crippen LogP contribution is -2.23. The van der Waals surface area contributed by atoms with Crippen LogP contribution in [0.1, 0.15) is 110 Å². The third-order valence-electron chi connectivity index (χ3n) is 6.52. The molecule has 0 aromatic carbocycles. The highest BCUT2D eigenvalue weighted by Gasteiger charge is 2.24. The summed E-state index contributed by atoms with van der Waals surface area (Å²) in [5.41, 5.74) is 0. The number of rotatable bonds is 10. The molecule has 0 heterocycles. The fourth-order valence-electron chi connectivity index (χ4n) is 4.83. The first kappa shape index (κ1) is 19.3. The van der Waals surface area contributed by atoms with Crippen molar-refractivity contribution < 1.29 is 4.74 Å². The van der Waals surface area contributed by atoms with Crippen LogP contribution < -0.4 is 0 Å². The van der Waals surface area contributed by atoms with E-state index in [2.05, 4.69) is 13.8 Å². The maximum atomic E-state index is 5.93. The van der Waals surface area contributed by atoms with E-state index in [-0.39, 0.29) is 0 Å². The van der Waals surface area contributed by atoms with Gasteiger partial charge in [0.1, 0.15) is 0 Å². The highest BCUT2D eigenvalue weighted by atomic mass is 16.5. The smallest absolute Gasteiger partial charge is 0.0575 e. The number of hydrogen-bond donors (Lipinski definition) is 0. The van der Waals surface area contributed by atoms with Gasteiger partial charge in [-0.3, -0.25) is 0 Å². The van der Waals surface area contributed by atoms with Gasteiger partial charge in [-0.15, -0.1) is 0 Å². The average molecular weight is 323 g/mol. The van der Waals surface area contributed by atoms with Crippen molar-refractivity contribution in [1.29, 1.82) is 0 Å². The van der Waals surface area contributed by atoms with Crippen LogP contribution in [-0.4, -0.2) is 12.7 Å². The highest BCUT2D eigenvalue weighted by Crippen LogP contribution is 2.37. The first-order valence-electron chi connectivity index (χ1n) is 10.9. The molecule has 0 aromatic heterocycles. The van der Waals surface area contributed by atoms with Gasteiger partial charge in [0.05, 0.1) is 6.10 Å². The molecule has 0 atom stereocenters. The molecule has 1 heteroatoms. The summed E-state index contributed by atoms with van der Waals surface area (Å²) in [7, 11) is 0. The summed E-state index contributed by atoms with van der Waals surface area (Å²) < 4.78 is 5.93. The minimum atomic E-state index is 0.588. The topological polar surface area (TPSA) is 9.23 Å². The minimum absolute atomic E-state index is 0.588. The molecule has 2 aliphatic carbocycles. The summed E-state index contributed by atoms with van der Waals surface area (Å²) in [5, 5.41) is 0. The van der Waals surface area contributed by atoms with Crippen molar-refractivity contribution in [1.82, 2.24) is 0 Å². The summed E-state index contributed by atoms with van der Waals surface area (Å²) in [6.45, 7) is 5.50. The average Bonchev–Trinajstić information content (AvgIpc) is 2.60. The molecule has 136 valence electrons. The lowest BCUT2D eigenvalue weighted by Gasteiger charge is -2.32. The standard InChI is InChI=1S/C22H42O/c1-3-5-6-7-19-8-10-20(11-9-19)12-13-21-14-16-22(17-15-21)23-18-4-2/h19-22H,3-18H2,1-2H3/t19-,20-,21-,22-. The van der Waals surface area contributed by atoms with Gasteiger partial charge in [-0.2, -0.15) is 0 Å². The van der Waals surface area contributed by atoms with Crippen LogP contribution in [0.5, 0.6) is 0 Å². The molecule has 0 bridgehead atoms. The van der Waals surface area contributed by atoms with Crippen LogP contribution in [0.4, 0.5) is 0 Å². The molecular formula is C22H42O. The maximum Gasteiger partial charge on any atom is 0.0575 e. The Morgan fingerprint density at radius 3 is 1.65 bits per heavy atom. The molecule has 0 aliphatic heterocycles. The van der Waals surface area contributed by atoms with Crippen molar-refractivity contribution in [3.05, 3.63) is 0 Å². The molecule has 2 saturated carbocycles. The fraction of sp³-hybridized carbons (Fsp3) is 1.00. The van der Waals surface area contributed by atoms with E-state index in [0.717, 1.165) is 24.4 Å². The Morgan fingerprint density at radius 1 is 0.609 bits per heavy atom. The lowest BCUT2D eigenvalue weighted by atomic mass is 9.76. The fourth-order valence-corrected chi connectivity index (χ4v) is 4.83. The van der Waals surface area contributed by atoms with Gasteiger partial charge >= 0.3 is 0 Å². The molecule has 2 rings (SSSR count). The second-order valence-corrected chi connectivity index (χ2v) is 8.47. The Labute approximate surface area is 146 Å². The van der Waals surface area contributed by atoms with E-state index >= 15 is 0 Å². The second-order valence-electron chi connectivity index (χ2n) is 8.47. The maximum absolute atomic E-state index is 5.93. The molecule has 23 heavy (non-hydrogen) atoms. The lowest BCUT2D eigenvalue weighted by molar-refractivity contribution is 0.0167. The van der Waals surface area contributed by atoms with Gasteiger partial charge in [-0.25, -0.2) is 0 Å². The molecule has 0 saturated heterocycles. The van der Waals surface area contributed by atoms with E-state index in [4.69, 9.17) is 4.74 Å². The van der Waals surface area contributed by atoms with Crippen LogP contribution in [0.15, 0.2) is 0 Å². The zero-order valence-corrected chi connectivity index (χ0v) is 16.0. The second kappa shape index (κ2) is 11.5. The predicted molar refractivity (Wildman–Crippen MR) is 101 cm³/mol. The number of unbranched alkanes of at least 4 members (excludes halogenated alkanes) is 2. The van der Waals surface area contributed by atoms with E-state index in [1.165, 1.54) is 96.3 Å². The largest absolute Gasteiger partial charge is 0.378 e. The normalized spacial score (nSPS) is 32.1. The van der Waals surface area contributed by atoms with Crippen molar-refractivity contribution in [3.63, 3.8) is 0 Å². The van der Waals surface area contributed by atoms with Gasteiger partial charge < -0.3 is 4.74 Å². The van der Waals surface area contributed by atoms with Crippen molar-refractivity contribution >= 4 is 0 Å². The minimum Gasteiger partial charge on any atom is -0.378 e. The van der Waals surface area contributed by atoms with Gasteiger partial charge in [-0.05, 0) is 49.9 Å². The van der Waals surface area contributed by atoms with E-state index in [0.29, 0.717) is 6.10 Å². The van der Waals surface area contributed by atoms with E-state index < -0.39 is 0 Å². The van der Waals surface area contributed by atoms with Crippen LogP contribution >= 0.6 is 0 Å². The van der Waals surface area contributed by atoms with E-state index in [1.807, 2.05) is 0 Å². The molecular weight excluding hydrogens is 280 g/mol. The van der Waals surface area contributed by atoms with Crippen LogP contribution in [-0.2, 0) is 4.74 Å². The molecule has 0 radical (unpaired) electrons. The summed E-state index contributed by atoms with van der Waals surface area (Å²) in [6.07, 6.45) is 22.3. The molecule has 1 nitrogen and oxygen atoms in total. The number of hydrogen-bond acceptors (Lipinski definition) is 1. The Kier molecular flexibility index (Phi) is 9.65. The van der Waals surface area contributed by atoms with Gasteiger partial charge in [-0.1, -0.05) is 78.1 Å². The zero-order valence-electron chi connectivity index (χ0n) is 16.0. The van der Waals surface area contributed by atoms with Gasteiger partial charge in [0, 0.05) is 6.61 Å². The quantitative estimate of drug-likeness (QED) is 0.388. The molecule has 0 aromatic rings. The van der Waals surface area contributed by atoms with Gasteiger partial charge in [0.25, 0.3) is 0 Å². The summed E-state index contributed by atoms with van der Waals surface area (Å²) in [6, 6.07) is 0. The van der Waals surface area contributed by atoms with Gasteiger partial charge in [0.15, 0.2) is 0 Å². The predicted octanol–water partition coefficient (Wildman–Crippen LogP) is 7.14. The van der Waals surface area contributed by atoms with Crippen molar-refractivity contribution in [2.45, 2.75) is 116 Å². The monoisotopic (exact) mass is 322 g/mol. The molecule has 0 spiro atoms. The van der Waals surface area contributed by atoms with E-state index in [9.17, 15) is 0 Å². The van der Waals surface area contributed by atoms with Crippen LogP contribution in [0, 0.1) is 17.8 Å². The van der Waals surface area contributed by atoms with Crippen LogP contribution in [0.25, 0.3) is 0 Å². The first-order chi connectivity index (χ1) is 11.3. The van der Waals surface area contributed by atoms with Crippen LogP contribution in [0.3, 0.4) is 0 Å². The third kappa shape index (κ3) is 7.59. The number of ether oxygens (including phenoxy) is 1. The third-order valence-corrected chi connectivity index (χ3v) is 6.52. The Balaban J connectivity index is 1.51. The Hall–Kier alpha value is -0.0400. The summed E-state index contributed by atoms with van der Waals surface area (Å²) in [5.74, 6) is 3.15. The summed E-state index contributed by atoms with van der Waals surface area (Å²) in [4.78, 5) is 0. The van der Waals surface area contributed by atoms with Crippen molar-refractivity contribution in [2.24, 2.45) is 17.8 Å². The Morgan fingerprint density at radius 2 is 1.13 bits per heavy atom. The molecule has 2 aliphatic rings. The molecule has 0 amide bonds. The molecule has 0 unspecified atom stereocenters. The molecule has 2 fully saturated rings. The van der Waals surface area contributed by atoms with Gasteiger partial charge in [0.2, 0.25) is 0 Å². The highest BCUT2D eigenvalue weighted by molar-refractivity contribution is 4.77. The zero-order chi connectivity index (χ0) is 16.3.